The number of ether oxygens (including phenoxy) is 1. The van der Waals surface area contributed by atoms with E-state index in [1.165, 1.54) is 6.07 Å². The molecule has 1 aromatic carbocycles. The number of aromatic nitrogens is 2. The zero-order valence-electron chi connectivity index (χ0n) is 13.2. The molecule has 0 saturated carbocycles. The van der Waals surface area contributed by atoms with E-state index in [1.54, 1.807) is 18.5 Å². The van der Waals surface area contributed by atoms with Gasteiger partial charge in [0.2, 0.25) is 0 Å². The molecule has 7 heteroatoms. The van der Waals surface area contributed by atoms with Gasteiger partial charge in [-0.1, -0.05) is 35.5 Å². The van der Waals surface area contributed by atoms with E-state index in [0.717, 1.165) is 5.56 Å². The van der Waals surface area contributed by atoms with Gasteiger partial charge in [-0.3, -0.25) is 4.98 Å². The van der Waals surface area contributed by atoms with E-state index < -0.39 is 12.6 Å². The first-order chi connectivity index (χ1) is 12.0. The van der Waals surface area contributed by atoms with Crippen molar-refractivity contribution in [2.45, 2.75) is 25.6 Å². The maximum absolute atomic E-state index is 12.3. The minimum Gasteiger partial charge on any atom is -0.487 e. The molecule has 2 aromatic heterocycles. The molecule has 0 amide bonds. The molecular formula is C18H15F3N2O2. The minimum atomic E-state index is -4.22. The molecule has 3 aromatic rings. The van der Waals surface area contributed by atoms with Gasteiger partial charge in [-0.15, -0.1) is 0 Å². The van der Waals surface area contributed by atoms with Crippen molar-refractivity contribution >= 4 is 0 Å². The molecule has 0 aliphatic heterocycles. The fourth-order valence-electron chi connectivity index (χ4n) is 2.21. The van der Waals surface area contributed by atoms with Crippen molar-refractivity contribution in [1.82, 2.24) is 10.1 Å². The Hall–Kier alpha value is -2.83. The Balaban J connectivity index is 1.66. The van der Waals surface area contributed by atoms with Crippen LogP contribution in [0.5, 0.6) is 5.75 Å². The monoisotopic (exact) mass is 348 g/mol. The van der Waals surface area contributed by atoms with Crippen LogP contribution in [0.3, 0.4) is 0 Å². The summed E-state index contributed by atoms with van der Waals surface area (Å²) in [6.07, 6.45) is -2.26. The Morgan fingerprint density at radius 2 is 1.84 bits per heavy atom. The van der Waals surface area contributed by atoms with Crippen LogP contribution in [-0.2, 0) is 13.0 Å². The number of hydrogen-bond acceptors (Lipinski definition) is 4. The lowest BCUT2D eigenvalue weighted by Crippen LogP contribution is -2.08. The Bertz CT molecular complexity index is 816. The summed E-state index contributed by atoms with van der Waals surface area (Å²) in [4.78, 5) is 4.08. The molecule has 0 atom stereocenters. The summed E-state index contributed by atoms with van der Waals surface area (Å²) < 4.78 is 47.6. The zero-order chi connectivity index (χ0) is 17.7. The number of nitrogens with zero attached hydrogens (tertiary/aromatic N) is 2. The first-order valence-electron chi connectivity index (χ1n) is 7.64. The van der Waals surface area contributed by atoms with E-state index in [9.17, 15) is 13.2 Å². The van der Waals surface area contributed by atoms with Gasteiger partial charge in [0.15, 0.2) is 5.76 Å². The van der Waals surface area contributed by atoms with Crippen LogP contribution in [0.15, 0.2) is 59.4 Å². The molecule has 3 rings (SSSR count). The van der Waals surface area contributed by atoms with Gasteiger partial charge in [0.25, 0.3) is 0 Å². The van der Waals surface area contributed by atoms with Gasteiger partial charge in [-0.25, -0.2) is 0 Å². The fourth-order valence-corrected chi connectivity index (χ4v) is 2.21. The van der Waals surface area contributed by atoms with Crippen LogP contribution in [-0.4, -0.2) is 16.3 Å². The fraction of sp³-hybridized carbons (Fsp3) is 0.222. The van der Waals surface area contributed by atoms with Crippen LogP contribution in [0.1, 0.15) is 17.7 Å². The van der Waals surface area contributed by atoms with E-state index in [4.69, 9.17) is 9.26 Å². The molecule has 0 aliphatic carbocycles. The molecule has 0 saturated heterocycles. The molecule has 0 spiro atoms. The second-order valence-corrected chi connectivity index (χ2v) is 5.48. The number of aryl methyl sites for hydroxylation is 1. The number of rotatable bonds is 6. The van der Waals surface area contributed by atoms with E-state index in [1.807, 2.05) is 30.3 Å². The third-order valence-electron chi connectivity index (χ3n) is 3.47. The van der Waals surface area contributed by atoms with E-state index in [0.29, 0.717) is 23.7 Å². The average molecular weight is 348 g/mol. The minimum absolute atomic E-state index is 0.218. The van der Waals surface area contributed by atoms with E-state index in [2.05, 4.69) is 10.1 Å². The second kappa shape index (κ2) is 7.38. The van der Waals surface area contributed by atoms with Gasteiger partial charge >= 0.3 is 6.18 Å². The predicted molar refractivity (Wildman–Crippen MR) is 84.9 cm³/mol. The maximum Gasteiger partial charge on any atom is 0.389 e. The SMILES string of the molecule is FC(F)(F)CCc1cc(-c2cncc(OCc3ccccc3)c2)on1. The highest BCUT2D eigenvalue weighted by Crippen LogP contribution is 2.26. The molecule has 0 radical (unpaired) electrons. The van der Waals surface area contributed by atoms with Gasteiger partial charge in [0, 0.05) is 30.7 Å². The highest BCUT2D eigenvalue weighted by Gasteiger charge is 2.27. The summed E-state index contributed by atoms with van der Waals surface area (Å²) in [6, 6.07) is 12.9. The van der Waals surface area contributed by atoms with Gasteiger partial charge < -0.3 is 9.26 Å². The van der Waals surface area contributed by atoms with Crippen molar-refractivity contribution in [2.24, 2.45) is 0 Å². The van der Waals surface area contributed by atoms with E-state index >= 15 is 0 Å². The van der Waals surface area contributed by atoms with Crippen molar-refractivity contribution in [3.8, 4) is 17.1 Å². The molecule has 0 unspecified atom stereocenters. The molecule has 25 heavy (non-hydrogen) atoms. The largest absolute Gasteiger partial charge is 0.487 e. The van der Waals surface area contributed by atoms with Crippen molar-refractivity contribution in [3.05, 3.63) is 66.1 Å². The Morgan fingerprint density at radius 3 is 2.60 bits per heavy atom. The molecule has 0 N–H and O–H groups in total. The Morgan fingerprint density at radius 1 is 1.04 bits per heavy atom. The summed E-state index contributed by atoms with van der Waals surface area (Å²) in [5.41, 5.74) is 1.86. The first kappa shape index (κ1) is 17.0. The highest BCUT2D eigenvalue weighted by atomic mass is 19.4. The van der Waals surface area contributed by atoms with Crippen LogP contribution >= 0.6 is 0 Å². The van der Waals surface area contributed by atoms with Crippen LogP contribution in [0.2, 0.25) is 0 Å². The van der Waals surface area contributed by atoms with Gasteiger partial charge in [0.05, 0.1) is 11.9 Å². The number of alkyl halides is 3. The molecule has 130 valence electrons. The summed E-state index contributed by atoms with van der Waals surface area (Å²) in [6.45, 7) is 0.388. The molecule has 4 nitrogen and oxygen atoms in total. The van der Waals surface area contributed by atoms with Crippen molar-refractivity contribution < 1.29 is 22.4 Å². The van der Waals surface area contributed by atoms with Gasteiger partial charge in [-0.05, 0) is 11.6 Å². The number of hydrogen-bond donors (Lipinski definition) is 0. The number of benzene rings is 1. The normalized spacial score (nSPS) is 11.5. The lowest BCUT2D eigenvalue weighted by molar-refractivity contribution is -0.134. The smallest absolute Gasteiger partial charge is 0.389 e. The average Bonchev–Trinajstić information content (AvgIpc) is 3.08. The van der Waals surface area contributed by atoms with Gasteiger partial charge in [-0.2, -0.15) is 13.2 Å². The summed E-state index contributed by atoms with van der Waals surface area (Å²) in [5.74, 6) is 0.893. The van der Waals surface area contributed by atoms with Crippen LogP contribution in [0.4, 0.5) is 13.2 Å². The topological polar surface area (TPSA) is 48.2 Å². The predicted octanol–water partition coefficient (Wildman–Crippen LogP) is 4.81. The van der Waals surface area contributed by atoms with Crippen LogP contribution in [0, 0.1) is 0 Å². The number of halogens is 3. The second-order valence-electron chi connectivity index (χ2n) is 5.48. The summed E-state index contributed by atoms with van der Waals surface area (Å²) >= 11 is 0. The van der Waals surface area contributed by atoms with Crippen molar-refractivity contribution in [2.75, 3.05) is 0 Å². The lowest BCUT2D eigenvalue weighted by Gasteiger charge is -2.06. The quantitative estimate of drug-likeness (QED) is 0.641. The molecule has 0 bridgehead atoms. The molecular weight excluding hydrogens is 333 g/mol. The zero-order valence-corrected chi connectivity index (χ0v) is 13.2. The standard InChI is InChI=1S/C18H15F3N2O2/c19-18(20,21)7-6-15-9-17(25-23-15)14-8-16(11-22-10-14)24-12-13-4-2-1-3-5-13/h1-5,8-11H,6-7,12H2. The van der Waals surface area contributed by atoms with Gasteiger partial charge in [0.1, 0.15) is 12.4 Å². The third kappa shape index (κ3) is 5.07. The van der Waals surface area contributed by atoms with Crippen molar-refractivity contribution in [1.29, 1.82) is 0 Å². The lowest BCUT2D eigenvalue weighted by atomic mass is 10.1. The first-order valence-corrected chi connectivity index (χ1v) is 7.64. The summed E-state index contributed by atoms with van der Waals surface area (Å²) in [5, 5.41) is 3.68. The van der Waals surface area contributed by atoms with Crippen LogP contribution in [0.25, 0.3) is 11.3 Å². The summed E-state index contributed by atoms with van der Waals surface area (Å²) in [7, 11) is 0. The molecule has 0 fully saturated rings. The number of pyridine rings is 1. The third-order valence-corrected chi connectivity index (χ3v) is 3.47. The highest BCUT2D eigenvalue weighted by molar-refractivity contribution is 5.58. The van der Waals surface area contributed by atoms with Crippen molar-refractivity contribution in [3.63, 3.8) is 0 Å². The van der Waals surface area contributed by atoms with E-state index in [-0.39, 0.29) is 12.1 Å². The molecule has 2 heterocycles. The molecule has 0 aliphatic rings. The Labute approximate surface area is 142 Å². The maximum atomic E-state index is 12.3. The Kier molecular flexibility index (Phi) is 5.02. The van der Waals surface area contributed by atoms with Crippen LogP contribution < -0.4 is 4.74 Å².